The number of pyridine rings is 1. The molecule has 3 aromatic carbocycles. The van der Waals surface area contributed by atoms with Gasteiger partial charge in [0, 0.05) is 53.6 Å². The van der Waals surface area contributed by atoms with Crippen LogP contribution in [0, 0.1) is 16.9 Å². The van der Waals surface area contributed by atoms with Crippen molar-refractivity contribution in [2.45, 2.75) is 93.4 Å². The third-order valence-corrected chi connectivity index (χ3v) is 10.9. The van der Waals surface area contributed by atoms with Gasteiger partial charge in [-0.05, 0) is 77.3 Å². The topological polar surface area (TPSA) is 50.2 Å². The van der Waals surface area contributed by atoms with Crippen molar-refractivity contribution < 1.29 is 30.0 Å². The van der Waals surface area contributed by atoms with Crippen LogP contribution in [0.3, 0.4) is 0 Å². The molecular weight excluding hydrogens is 775 g/mol. The molecule has 0 atom stereocenters. The first-order valence-corrected chi connectivity index (χ1v) is 17.5. The zero-order valence-electron chi connectivity index (χ0n) is 29.5. The van der Waals surface area contributed by atoms with E-state index in [-0.39, 0.29) is 47.9 Å². The Balaban J connectivity index is 0.000000290. The minimum absolute atomic E-state index is 0. The van der Waals surface area contributed by atoms with Gasteiger partial charge in [-0.15, -0.1) is 40.5 Å². The number of allylic oxidation sites excluding steroid dienone is 2. The van der Waals surface area contributed by atoms with Gasteiger partial charge in [-0.3, -0.25) is 9.78 Å². The van der Waals surface area contributed by atoms with Crippen LogP contribution in [0.1, 0.15) is 93.6 Å². The quantitative estimate of drug-likeness (QED) is 0.0915. The van der Waals surface area contributed by atoms with E-state index in [4.69, 9.17) is 0 Å². The van der Waals surface area contributed by atoms with Gasteiger partial charge in [0.05, 0.1) is 0 Å². The van der Waals surface area contributed by atoms with E-state index in [2.05, 4.69) is 104 Å². The predicted molar refractivity (Wildman–Crippen MR) is 199 cm³/mol. The molecule has 1 radical (unpaired) electrons. The Morgan fingerprint density at radius 2 is 1.47 bits per heavy atom. The molecule has 0 aliphatic carbocycles. The summed E-state index contributed by atoms with van der Waals surface area (Å²) in [5.41, 5.74) is 5.18. The number of aliphatic hydroxyl groups is 1. The summed E-state index contributed by atoms with van der Waals surface area (Å²) in [6.45, 7) is 18.9. The Morgan fingerprint density at radius 3 is 2.11 bits per heavy atom. The number of hydrogen-bond acceptors (Lipinski definition) is 4. The summed E-state index contributed by atoms with van der Waals surface area (Å²) in [6, 6.07) is 27.5. The zero-order chi connectivity index (χ0) is 33.7. The number of benzene rings is 3. The Morgan fingerprint density at radius 1 is 0.830 bits per heavy atom. The molecule has 0 bridgehead atoms. The van der Waals surface area contributed by atoms with E-state index in [9.17, 15) is 9.90 Å². The number of ketones is 1. The zero-order valence-corrected chi connectivity index (χ0v) is 32.7. The number of fused-ring (bicyclic) bond motifs is 2. The second-order valence-electron chi connectivity index (χ2n) is 13.9. The Bertz CT molecular complexity index is 1840. The summed E-state index contributed by atoms with van der Waals surface area (Å²) in [5.74, 6) is 0.286. The first-order chi connectivity index (χ1) is 21.8. The maximum atomic E-state index is 12.2. The molecule has 251 valence electrons. The standard InChI is InChI=1S/C27H22NS.C15H28O2.Ir/c1-27(2,3)24-16-22(15-20-6-4-5-7-23(20)24)25-17-19(10-12-28-25)18-8-9-26-21(14-18)11-13-29-26;1-7-14(5,8-2)12(16)11-13(17)15(6,9-3)10-4;/h4-14,16-17H,1-3H3;11,16H,7-10H2,1-6H3;/q-1;;/b;12-11-;. The minimum atomic E-state index is -0.337. The summed E-state index contributed by atoms with van der Waals surface area (Å²) in [5, 5.41) is 16.0. The molecule has 0 fully saturated rings. The van der Waals surface area contributed by atoms with Crippen molar-refractivity contribution in [1.82, 2.24) is 4.98 Å². The van der Waals surface area contributed by atoms with E-state index in [1.54, 1.807) is 11.3 Å². The van der Waals surface area contributed by atoms with Crippen LogP contribution in [-0.2, 0) is 30.3 Å². The van der Waals surface area contributed by atoms with Gasteiger partial charge in [0.2, 0.25) is 0 Å². The van der Waals surface area contributed by atoms with Gasteiger partial charge in [0.15, 0.2) is 5.78 Å². The summed E-state index contributed by atoms with van der Waals surface area (Å²) in [7, 11) is 0. The third-order valence-electron chi connectivity index (χ3n) is 10.0. The first kappa shape index (κ1) is 38.3. The molecule has 0 aliphatic heterocycles. The summed E-state index contributed by atoms with van der Waals surface area (Å²) >= 11 is 1.78. The van der Waals surface area contributed by atoms with Gasteiger partial charge in [-0.25, -0.2) is 0 Å². The molecular formula is C42H50IrNO2S-. The summed E-state index contributed by atoms with van der Waals surface area (Å²) in [4.78, 5) is 16.9. The van der Waals surface area contributed by atoms with Gasteiger partial charge >= 0.3 is 0 Å². The second kappa shape index (κ2) is 15.9. The molecule has 0 spiro atoms. The van der Waals surface area contributed by atoms with Crippen molar-refractivity contribution >= 4 is 38.0 Å². The number of carbonyl (C=O) groups excluding carboxylic acids is 1. The van der Waals surface area contributed by atoms with Crippen molar-refractivity contribution in [3.8, 4) is 22.4 Å². The monoisotopic (exact) mass is 825 g/mol. The Kier molecular flexibility index (Phi) is 12.9. The number of aliphatic hydroxyl groups excluding tert-OH is 1. The maximum Gasteiger partial charge on any atom is 0.164 e. The summed E-state index contributed by atoms with van der Waals surface area (Å²) < 4.78 is 1.32. The normalized spacial score (nSPS) is 12.4. The number of thiophene rings is 1. The molecule has 5 heteroatoms. The third kappa shape index (κ3) is 8.68. The fraction of sp³-hybridized carbons (Fsp3) is 0.381. The molecule has 47 heavy (non-hydrogen) atoms. The molecule has 0 amide bonds. The smallest absolute Gasteiger partial charge is 0.164 e. The van der Waals surface area contributed by atoms with E-state index < -0.39 is 0 Å². The Labute approximate surface area is 299 Å². The van der Waals surface area contributed by atoms with E-state index in [0.717, 1.165) is 42.3 Å². The van der Waals surface area contributed by atoms with Crippen LogP contribution >= 0.6 is 11.3 Å². The summed E-state index contributed by atoms with van der Waals surface area (Å²) in [6.07, 6.45) is 6.66. The predicted octanol–water partition coefficient (Wildman–Crippen LogP) is 12.5. The van der Waals surface area contributed by atoms with Crippen LogP contribution in [0.5, 0.6) is 0 Å². The molecule has 3 nitrogen and oxygen atoms in total. The Hall–Kier alpha value is -3.11. The van der Waals surface area contributed by atoms with Crippen LogP contribution in [0.2, 0.25) is 0 Å². The van der Waals surface area contributed by atoms with Gasteiger partial charge in [-0.1, -0.05) is 104 Å². The average Bonchev–Trinajstić information content (AvgIpc) is 3.55. The van der Waals surface area contributed by atoms with Crippen molar-refractivity contribution in [1.29, 1.82) is 0 Å². The number of carbonyl (C=O) groups is 1. The molecule has 0 saturated heterocycles. The van der Waals surface area contributed by atoms with Crippen LogP contribution in [0.25, 0.3) is 43.2 Å². The first-order valence-electron chi connectivity index (χ1n) is 16.6. The SMILES string of the molecule is CC(C)(C)c1cc(-c2cc(-c3ccc4sccc4c3)ccn2)[c-]c2ccccc12.CCC(C)(CC)C(=O)/C=C(\O)C(C)(CC)CC.[Ir]. The van der Waals surface area contributed by atoms with Crippen molar-refractivity contribution in [3.63, 3.8) is 0 Å². The fourth-order valence-corrected chi connectivity index (χ4v) is 6.35. The number of hydrogen-bond donors (Lipinski definition) is 1. The van der Waals surface area contributed by atoms with E-state index in [1.807, 2.05) is 47.7 Å². The van der Waals surface area contributed by atoms with Crippen LogP contribution < -0.4 is 0 Å². The molecule has 5 aromatic rings. The largest absolute Gasteiger partial charge is 0.512 e. The molecule has 5 rings (SSSR count). The molecule has 2 heterocycles. The van der Waals surface area contributed by atoms with Gasteiger partial charge in [0.1, 0.15) is 5.76 Å². The van der Waals surface area contributed by atoms with Crippen molar-refractivity contribution in [2.75, 3.05) is 0 Å². The second-order valence-corrected chi connectivity index (χ2v) is 14.9. The van der Waals surface area contributed by atoms with E-state index in [0.29, 0.717) is 0 Å². The average molecular weight is 825 g/mol. The van der Waals surface area contributed by atoms with Gasteiger partial charge < -0.3 is 5.11 Å². The number of rotatable bonds is 9. The van der Waals surface area contributed by atoms with Gasteiger partial charge in [0.25, 0.3) is 0 Å². The van der Waals surface area contributed by atoms with Crippen LogP contribution in [0.4, 0.5) is 0 Å². The number of nitrogens with zero attached hydrogens (tertiary/aromatic N) is 1. The molecule has 0 aliphatic rings. The number of aromatic nitrogens is 1. The fourth-order valence-electron chi connectivity index (χ4n) is 5.58. The van der Waals surface area contributed by atoms with Crippen molar-refractivity contribution in [2.24, 2.45) is 10.8 Å². The van der Waals surface area contributed by atoms with Crippen molar-refractivity contribution in [3.05, 3.63) is 102 Å². The maximum absolute atomic E-state index is 12.2. The molecule has 0 saturated carbocycles. The molecule has 0 unspecified atom stereocenters. The molecule has 2 aromatic heterocycles. The van der Waals surface area contributed by atoms with Crippen LogP contribution in [0.15, 0.2) is 90.1 Å². The van der Waals surface area contributed by atoms with E-state index in [1.165, 1.54) is 38.2 Å². The van der Waals surface area contributed by atoms with E-state index >= 15 is 0 Å². The minimum Gasteiger partial charge on any atom is -0.512 e. The van der Waals surface area contributed by atoms with Gasteiger partial charge in [-0.2, -0.15) is 0 Å². The molecule has 1 N–H and O–H groups in total. The van der Waals surface area contributed by atoms with Crippen LogP contribution in [-0.4, -0.2) is 15.9 Å².